The summed E-state index contributed by atoms with van der Waals surface area (Å²) in [6.07, 6.45) is 3.55. The number of carboxylic acids is 1. The number of hydrogen-bond acceptors (Lipinski definition) is 9. The van der Waals surface area contributed by atoms with Gasteiger partial charge in [-0.05, 0) is 76.4 Å². The van der Waals surface area contributed by atoms with Gasteiger partial charge in [0, 0.05) is 38.4 Å². The van der Waals surface area contributed by atoms with Crippen LogP contribution in [0.15, 0.2) is 48.7 Å². The quantitative estimate of drug-likeness (QED) is 0.214. The van der Waals surface area contributed by atoms with Crippen LogP contribution in [0.5, 0.6) is 11.6 Å². The topological polar surface area (TPSA) is 132 Å². The number of imidazole rings is 1. The number of aromatic nitrogens is 4. The summed E-state index contributed by atoms with van der Waals surface area (Å²) in [4.78, 5) is 42.3. The average molecular weight is 681 g/mol. The molecule has 2 aliphatic heterocycles. The van der Waals surface area contributed by atoms with E-state index in [1.165, 1.54) is 18.2 Å². The fraction of sp³-hybridized carbons (Fsp3) is 0.441. The van der Waals surface area contributed by atoms with Gasteiger partial charge in [-0.2, -0.15) is 4.98 Å². The summed E-state index contributed by atoms with van der Waals surface area (Å²) in [5.74, 6) is 0.547. The van der Waals surface area contributed by atoms with Gasteiger partial charge in [0.15, 0.2) is 5.82 Å². The lowest BCUT2D eigenvalue weighted by atomic mass is 10.0. The van der Waals surface area contributed by atoms with Crippen LogP contribution < -0.4 is 9.47 Å². The van der Waals surface area contributed by atoms with Crippen LogP contribution in [-0.2, 0) is 24.4 Å². The molecule has 4 heterocycles. The number of likely N-dealkylation sites (tertiary alicyclic amines) is 2. The first-order chi connectivity index (χ1) is 22.9. The van der Waals surface area contributed by atoms with Crippen molar-refractivity contribution in [3.8, 4) is 11.6 Å². The van der Waals surface area contributed by atoms with E-state index >= 15 is 0 Å². The highest BCUT2D eigenvalue weighted by Crippen LogP contribution is 2.28. The number of carbonyl (C=O) groups is 2. The number of carbonyl (C=O) groups excluding carboxylic acids is 1. The Balaban J connectivity index is 1.09. The van der Waals surface area contributed by atoms with Gasteiger partial charge in [-0.25, -0.2) is 23.9 Å². The van der Waals surface area contributed by atoms with Crippen molar-refractivity contribution in [2.24, 2.45) is 0 Å². The number of nitrogens with zero attached hydrogens (tertiary/aromatic N) is 6. The molecule has 1 amide bonds. The first-order valence-electron chi connectivity index (χ1n) is 15.9. The number of ether oxygens (including phenoxy) is 3. The molecule has 2 fully saturated rings. The summed E-state index contributed by atoms with van der Waals surface area (Å²) in [5, 5.41) is 9.82. The third-order valence-corrected chi connectivity index (χ3v) is 8.65. The standard InChI is InChI=1S/C34H38ClFN6O6/c1-34(2,3)48-33(45)41-15-9-23(41)18-42-27-16-21(32(43)44)4-6-26(27)38-30(42)19-40-13-10-24(11-14-40)47-31-8-12-37-29(39-31)20-46-28-7-5-22(36)17-25(28)35/h4-8,12,16-17,23-24H,9-11,13-15,18-20H2,1-3H3,(H,43,44)/t23-/m1/s1. The fourth-order valence-corrected chi connectivity index (χ4v) is 6.06. The van der Waals surface area contributed by atoms with Crippen LogP contribution >= 0.6 is 11.6 Å². The Morgan fingerprint density at radius 1 is 1.04 bits per heavy atom. The molecule has 1 N–H and O–H groups in total. The van der Waals surface area contributed by atoms with Gasteiger partial charge in [0.1, 0.15) is 35.7 Å². The number of benzene rings is 2. The highest BCUT2D eigenvalue weighted by molar-refractivity contribution is 6.32. The molecule has 2 saturated heterocycles. The van der Waals surface area contributed by atoms with Gasteiger partial charge >= 0.3 is 12.1 Å². The number of carboxylic acid groups (broad SMARTS) is 1. The number of amides is 1. The Bertz CT molecular complexity index is 1800. The van der Waals surface area contributed by atoms with E-state index < -0.39 is 17.4 Å². The lowest BCUT2D eigenvalue weighted by molar-refractivity contribution is -0.00832. The second kappa shape index (κ2) is 13.9. The molecule has 254 valence electrons. The molecule has 4 aromatic rings. The molecule has 2 aromatic carbocycles. The van der Waals surface area contributed by atoms with Crippen LogP contribution in [-0.4, -0.2) is 83.9 Å². The van der Waals surface area contributed by atoms with E-state index in [4.69, 9.17) is 30.8 Å². The molecule has 0 bridgehead atoms. The summed E-state index contributed by atoms with van der Waals surface area (Å²) in [6, 6.07) is 10.5. The zero-order chi connectivity index (χ0) is 34.0. The fourth-order valence-electron chi connectivity index (χ4n) is 5.84. The van der Waals surface area contributed by atoms with E-state index in [0.717, 1.165) is 43.7 Å². The van der Waals surface area contributed by atoms with Crippen molar-refractivity contribution < 1.29 is 33.3 Å². The Morgan fingerprint density at radius 3 is 2.52 bits per heavy atom. The van der Waals surface area contributed by atoms with Crippen molar-refractivity contribution in [3.63, 3.8) is 0 Å². The van der Waals surface area contributed by atoms with Crippen LogP contribution in [0.2, 0.25) is 5.02 Å². The van der Waals surface area contributed by atoms with Crippen molar-refractivity contribution in [2.75, 3.05) is 19.6 Å². The SMILES string of the molecule is CC(C)(C)OC(=O)N1CC[C@@H]1Cn1c(CN2CCC(Oc3ccnc(COc4ccc(F)cc4Cl)n3)CC2)nc2ccc(C(=O)O)cc21. The van der Waals surface area contributed by atoms with E-state index in [-0.39, 0.29) is 35.4 Å². The molecule has 14 heteroatoms. The third kappa shape index (κ3) is 7.96. The second-order valence-corrected chi connectivity index (χ2v) is 13.4. The van der Waals surface area contributed by atoms with Crippen LogP contribution in [0.25, 0.3) is 11.0 Å². The number of fused-ring (bicyclic) bond motifs is 1. The Morgan fingerprint density at radius 2 is 1.83 bits per heavy atom. The summed E-state index contributed by atoms with van der Waals surface area (Å²) in [6.45, 7) is 8.75. The summed E-state index contributed by atoms with van der Waals surface area (Å²) >= 11 is 6.05. The molecule has 0 unspecified atom stereocenters. The van der Waals surface area contributed by atoms with Crippen LogP contribution in [0, 0.1) is 5.82 Å². The monoisotopic (exact) mass is 680 g/mol. The van der Waals surface area contributed by atoms with Crippen molar-refractivity contribution >= 4 is 34.7 Å². The average Bonchev–Trinajstić information content (AvgIpc) is 3.34. The van der Waals surface area contributed by atoms with Crippen LogP contribution in [0.4, 0.5) is 9.18 Å². The van der Waals surface area contributed by atoms with E-state index in [2.05, 4.69) is 19.4 Å². The van der Waals surface area contributed by atoms with E-state index in [1.807, 2.05) is 20.8 Å². The first kappa shape index (κ1) is 33.4. The minimum atomic E-state index is -1.01. The predicted molar refractivity (Wildman–Crippen MR) is 175 cm³/mol. The van der Waals surface area contributed by atoms with Crippen molar-refractivity contribution in [1.29, 1.82) is 0 Å². The van der Waals surface area contributed by atoms with Gasteiger partial charge in [-0.1, -0.05) is 11.6 Å². The molecule has 1 atom stereocenters. The maximum absolute atomic E-state index is 13.3. The smallest absolute Gasteiger partial charge is 0.410 e. The molecule has 2 aromatic heterocycles. The highest BCUT2D eigenvalue weighted by Gasteiger charge is 2.36. The predicted octanol–water partition coefficient (Wildman–Crippen LogP) is 5.95. The lowest BCUT2D eigenvalue weighted by Gasteiger charge is -2.42. The van der Waals surface area contributed by atoms with Gasteiger partial charge < -0.3 is 28.8 Å². The molecule has 6 rings (SSSR count). The Kier molecular flexibility index (Phi) is 9.70. The second-order valence-electron chi connectivity index (χ2n) is 13.0. The molecule has 0 aliphatic carbocycles. The van der Waals surface area contributed by atoms with Gasteiger partial charge in [-0.15, -0.1) is 0 Å². The van der Waals surface area contributed by atoms with Crippen molar-refractivity contribution in [2.45, 2.75) is 77.5 Å². The largest absolute Gasteiger partial charge is 0.484 e. The van der Waals surface area contributed by atoms with E-state index in [1.54, 1.807) is 35.4 Å². The van der Waals surface area contributed by atoms with Crippen molar-refractivity contribution in [1.82, 2.24) is 29.3 Å². The first-order valence-corrected chi connectivity index (χ1v) is 16.3. The Labute approximate surface area is 282 Å². The summed E-state index contributed by atoms with van der Waals surface area (Å²) < 4.78 is 32.9. The minimum absolute atomic E-state index is 0.0480. The Hall–Kier alpha value is -4.49. The van der Waals surface area contributed by atoms with Gasteiger partial charge in [0.25, 0.3) is 0 Å². The highest BCUT2D eigenvalue weighted by atomic mass is 35.5. The lowest BCUT2D eigenvalue weighted by Crippen LogP contribution is -2.54. The molecule has 48 heavy (non-hydrogen) atoms. The molecule has 0 spiro atoms. The molecule has 0 radical (unpaired) electrons. The molecule has 2 aliphatic rings. The zero-order valence-electron chi connectivity index (χ0n) is 27.1. The number of piperidine rings is 1. The van der Waals surface area contributed by atoms with Gasteiger partial charge in [0.05, 0.1) is 34.2 Å². The summed E-state index contributed by atoms with van der Waals surface area (Å²) in [7, 11) is 0. The van der Waals surface area contributed by atoms with Crippen LogP contribution in [0.1, 0.15) is 62.0 Å². The molecular formula is C34H38ClFN6O6. The minimum Gasteiger partial charge on any atom is -0.484 e. The van der Waals surface area contributed by atoms with Crippen LogP contribution in [0.3, 0.4) is 0 Å². The normalized spacial score (nSPS) is 17.3. The van der Waals surface area contributed by atoms with Crippen molar-refractivity contribution in [3.05, 3.63) is 76.7 Å². The van der Waals surface area contributed by atoms with E-state index in [9.17, 15) is 19.1 Å². The van der Waals surface area contributed by atoms with E-state index in [0.29, 0.717) is 42.6 Å². The summed E-state index contributed by atoms with van der Waals surface area (Å²) in [5.41, 5.74) is 1.02. The molecular weight excluding hydrogens is 643 g/mol. The number of halogens is 2. The number of aromatic carboxylic acids is 1. The molecule has 12 nitrogen and oxygen atoms in total. The van der Waals surface area contributed by atoms with Gasteiger partial charge in [-0.3, -0.25) is 4.90 Å². The number of hydrogen-bond donors (Lipinski definition) is 1. The number of rotatable bonds is 10. The maximum atomic E-state index is 13.3. The maximum Gasteiger partial charge on any atom is 0.410 e. The zero-order valence-corrected chi connectivity index (χ0v) is 27.8. The molecule has 0 saturated carbocycles. The third-order valence-electron chi connectivity index (χ3n) is 8.36. The van der Waals surface area contributed by atoms with Gasteiger partial charge in [0.2, 0.25) is 5.88 Å².